The topological polar surface area (TPSA) is 71.8 Å². The first-order valence-electron chi connectivity index (χ1n) is 8.42. The van der Waals surface area contributed by atoms with Crippen LogP contribution in [0, 0.1) is 0 Å². The number of alkyl halides is 3. The lowest BCUT2D eigenvalue weighted by Crippen LogP contribution is -2.35. The molecule has 1 aromatic heterocycles. The second-order valence-corrected chi connectivity index (χ2v) is 6.32. The van der Waals surface area contributed by atoms with Crippen molar-refractivity contribution in [3.8, 4) is 11.5 Å². The van der Waals surface area contributed by atoms with Gasteiger partial charge in [-0.1, -0.05) is 18.2 Å². The Hall–Kier alpha value is -3.49. The molecule has 6 nitrogen and oxygen atoms in total. The van der Waals surface area contributed by atoms with E-state index < -0.39 is 40.2 Å². The minimum atomic E-state index is -4.70. The van der Waals surface area contributed by atoms with Gasteiger partial charge in [0.2, 0.25) is 0 Å². The quantitative estimate of drug-likeness (QED) is 0.722. The van der Waals surface area contributed by atoms with Crippen molar-refractivity contribution in [3.05, 3.63) is 63.9 Å². The summed E-state index contributed by atoms with van der Waals surface area (Å²) >= 11 is 0. The van der Waals surface area contributed by atoms with E-state index >= 15 is 0 Å². The molecule has 0 aliphatic heterocycles. The van der Waals surface area contributed by atoms with Crippen LogP contribution in [-0.2, 0) is 13.2 Å². The highest BCUT2D eigenvalue weighted by molar-refractivity contribution is 6.11. The fourth-order valence-electron chi connectivity index (χ4n) is 3.19. The zero-order valence-corrected chi connectivity index (χ0v) is 15.7. The molecule has 0 atom stereocenters. The van der Waals surface area contributed by atoms with Gasteiger partial charge >= 0.3 is 6.18 Å². The molecule has 3 rings (SSSR count). The van der Waals surface area contributed by atoms with Crippen molar-refractivity contribution in [1.82, 2.24) is 4.57 Å². The normalized spacial score (nSPS) is 11.5. The van der Waals surface area contributed by atoms with Crippen LogP contribution < -0.4 is 15.2 Å². The fourth-order valence-corrected chi connectivity index (χ4v) is 3.19. The third kappa shape index (κ3) is 3.28. The van der Waals surface area contributed by atoms with E-state index in [1.54, 1.807) is 12.1 Å². The molecule has 1 N–H and O–H groups in total. The summed E-state index contributed by atoms with van der Waals surface area (Å²) in [4.78, 5) is 26.5. The number of aromatic hydroxyl groups is 1. The highest BCUT2D eigenvalue weighted by Crippen LogP contribution is 2.38. The molecule has 0 unspecified atom stereocenters. The van der Waals surface area contributed by atoms with E-state index in [2.05, 4.69) is 0 Å². The van der Waals surface area contributed by atoms with Crippen LogP contribution in [0.2, 0.25) is 0 Å². The number of amides is 1. The number of carbonyl (C=O) groups excluding carboxylic acids is 1. The molecule has 0 fully saturated rings. The van der Waals surface area contributed by atoms with Crippen LogP contribution in [0.3, 0.4) is 0 Å². The maximum absolute atomic E-state index is 13.3. The van der Waals surface area contributed by atoms with Gasteiger partial charge in [0, 0.05) is 14.1 Å². The van der Waals surface area contributed by atoms with Gasteiger partial charge in [0.25, 0.3) is 11.5 Å². The first-order valence-corrected chi connectivity index (χ1v) is 8.42. The Kier molecular flexibility index (Phi) is 5.00. The van der Waals surface area contributed by atoms with Gasteiger partial charge < -0.3 is 19.3 Å². The Bertz CT molecular complexity index is 1170. The van der Waals surface area contributed by atoms with Crippen molar-refractivity contribution < 1.29 is 27.8 Å². The molecule has 0 aliphatic rings. The number of ether oxygens (including phenoxy) is 1. The van der Waals surface area contributed by atoms with Crippen molar-refractivity contribution in [3.63, 3.8) is 0 Å². The molecule has 0 spiro atoms. The van der Waals surface area contributed by atoms with Crippen molar-refractivity contribution in [2.24, 2.45) is 7.05 Å². The van der Waals surface area contributed by atoms with Crippen LogP contribution in [0.5, 0.6) is 11.5 Å². The molecule has 0 saturated heterocycles. The molecule has 29 heavy (non-hydrogen) atoms. The minimum absolute atomic E-state index is 0.109. The van der Waals surface area contributed by atoms with Gasteiger partial charge in [0.1, 0.15) is 17.1 Å². The predicted molar refractivity (Wildman–Crippen MR) is 102 cm³/mol. The van der Waals surface area contributed by atoms with Crippen LogP contribution in [0.1, 0.15) is 15.9 Å². The summed E-state index contributed by atoms with van der Waals surface area (Å²) in [6.45, 7) is 0. The number of fused-ring (bicyclic) bond motifs is 1. The Morgan fingerprint density at radius 1 is 1.14 bits per heavy atom. The van der Waals surface area contributed by atoms with E-state index in [0.29, 0.717) is 10.4 Å². The molecule has 0 radical (unpaired) electrons. The molecule has 0 saturated carbocycles. The maximum Gasteiger partial charge on any atom is 0.418 e. The molecule has 0 aliphatic carbocycles. The fraction of sp³-hybridized carbons (Fsp3) is 0.200. The molecule has 9 heteroatoms. The summed E-state index contributed by atoms with van der Waals surface area (Å²) in [5.74, 6) is -1.52. The Labute approximate surface area is 163 Å². The summed E-state index contributed by atoms with van der Waals surface area (Å²) in [7, 11) is 3.86. The van der Waals surface area contributed by atoms with Crippen LogP contribution >= 0.6 is 0 Å². The smallest absolute Gasteiger partial charge is 0.418 e. The number of nitrogens with zero attached hydrogens (tertiary/aromatic N) is 2. The number of methoxy groups -OCH3 is 1. The number of halogens is 3. The van der Waals surface area contributed by atoms with Crippen molar-refractivity contribution in [2.75, 3.05) is 19.1 Å². The highest BCUT2D eigenvalue weighted by Gasteiger charge is 2.36. The Morgan fingerprint density at radius 2 is 1.79 bits per heavy atom. The zero-order valence-electron chi connectivity index (χ0n) is 15.7. The van der Waals surface area contributed by atoms with E-state index in [1.165, 1.54) is 32.4 Å². The summed E-state index contributed by atoms with van der Waals surface area (Å²) < 4.78 is 46.3. The van der Waals surface area contributed by atoms with Crippen molar-refractivity contribution >= 4 is 22.5 Å². The second kappa shape index (κ2) is 7.16. The number of rotatable bonds is 3. The lowest BCUT2D eigenvalue weighted by Gasteiger charge is -2.23. The monoisotopic (exact) mass is 406 g/mol. The molecule has 152 valence electrons. The van der Waals surface area contributed by atoms with Crippen LogP contribution in [-0.4, -0.2) is 29.7 Å². The van der Waals surface area contributed by atoms with Gasteiger partial charge in [-0.2, -0.15) is 13.2 Å². The lowest BCUT2D eigenvalue weighted by atomic mass is 10.1. The van der Waals surface area contributed by atoms with Crippen LogP contribution in [0.4, 0.5) is 18.9 Å². The minimum Gasteiger partial charge on any atom is -0.506 e. The summed E-state index contributed by atoms with van der Waals surface area (Å²) in [6.07, 6.45) is -4.70. The van der Waals surface area contributed by atoms with Crippen LogP contribution in [0.15, 0.2) is 47.3 Å². The number of benzene rings is 2. The molecule has 1 heterocycles. The van der Waals surface area contributed by atoms with E-state index in [9.17, 15) is 27.9 Å². The van der Waals surface area contributed by atoms with Gasteiger partial charge in [0.15, 0.2) is 0 Å². The number of aromatic nitrogens is 1. The van der Waals surface area contributed by atoms with Crippen molar-refractivity contribution in [1.29, 1.82) is 0 Å². The third-order valence-corrected chi connectivity index (χ3v) is 4.67. The van der Waals surface area contributed by atoms with E-state index in [4.69, 9.17) is 4.74 Å². The zero-order chi connectivity index (χ0) is 21.5. The standard InChI is InChI=1S/C20H17F3N2O4/c1-24(12-8-5-4-7-11(12)20(21,22)23)18(27)16-17(26)15-13(25(2)19(16)28)9-6-10-14(15)29-3/h4-10,26H,1-3H3. The first kappa shape index (κ1) is 20.2. The number of para-hydroxylation sites is 1. The summed E-state index contributed by atoms with van der Waals surface area (Å²) in [5, 5.41) is 10.8. The van der Waals surface area contributed by atoms with Gasteiger partial charge in [-0.15, -0.1) is 0 Å². The molecule has 3 aromatic rings. The van der Waals surface area contributed by atoms with Gasteiger partial charge in [-0.05, 0) is 24.3 Å². The van der Waals surface area contributed by atoms with E-state index in [-0.39, 0.29) is 11.1 Å². The second-order valence-electron chi connectivity index (χ2n) is 6.32. The highest BCUT2D eigenvalue weighted by atomic mass is 19.4. The molecule has 2 aromatic carbocycles. The number of hydrogen-bond donors (Lipinski definition) is 1. The molecule has 1 amide bonds. The van der Waals surface area contributed by atoms with Gasteiger partial charge in [-0.25, -0.2) is 0 Å². The van der Waals surface area contributed by atoms with Gasteiger partial charge in [0.05, 0.1) is 29.3 Å². The van der Waals surface area contributed by atoms with Crippen LogP contribution in [0.25, 0.3) is 10.9 Å². The Morgan fingerprint density at radius 3 is 2.41 bits per heavy atom. The first-order chi connectivity index (χ1) is 13.6. The van der Waals surface area contributed by atoms with Gasteiger partial charge in [-0.3, -0.25) is 9.59 Å². The number of pyridine rings is 1. The molecular weight excluding hydrogens is 389 g/mol. The number of aryl methyl sites for hydroxylation is 1. The third-order valence-electron chi connectivity index (χ3n) is 4.67. The SMILES string of the molecule is COc1cccc2c1c(O)c(C(=O)N(C)c1ccccc1C(F)(F)F)c(=O)n2C. The Balaban J connectivity index is 2.25. The summed E-state index contributed by atoms with van der Waals surface area (Å²) in [5.41, 5.74) is -2.66. The lowest BCUT2D eigenvalue weighted by molar-refractivity contribution is -0.137. The average molecular weight is 406 g/mol. The van der Waals surface area contributed by atoms with E-state index in [1.807, 2.05) is 0 Å². The number of anilines is 1. The molecular formula is C20H17F3N2O4. The van der Waals surface area contributed by atoms with E-state index in [0.717, 1.165) is 23.7 Å². The number of carbonyl (C=O) groups is 1. The predicted octanol–water partition coefficient (Wildman–Crippen LogP) is 3.55. The number of hydrogen-bond acceptors (Lipinski definition) is 4. The van der Waals surface area contributed by atoms with Crippen molar-refractivity contribution in [2.45, 2.75) is 6.18 Å². The average Bonchev–Trinajstić information content (AvgIpc) is 2.70. The summed E-state index contributed by atoms with van der Waals surface area (Å²) in [6, 6.07) is 9.18. The maximum atomic E-state index is 13.3. The molecule has 0 bridgehead atoms. The largest absolute Gasteiger partial charge is 0.506 e.